The molecule has 0 saturated heterocycles. The van der Waals surface area contributed by atoms with Gasteiger partial charge in [0.1, 0.15) is 9.84 Å². The van der Waals surface area contributed by atoms with Crippen LogP contribution in [0, 0.1) is 11.3 Å². The van der Waals surface area contributed by atoms with E-state index >= 15 is 0 Å². The van der Waals surface area contributed by atoms with E-state index in [9.17, 15) is 8.42 Å². The molecule has 0 amide bonds. The Labute approximate surface area is 119 Å². The molecule has 1 N–H and O–H groups in total. The summed E-state index contributed by atoms with van der Waals surface area (Å²) in [4.78, 5) is 0. The van der Waals surface area contributed by atoms with Crippen molar-refractivity contribution in [2.75, 3.05) is 18.1 Å². The molecule has 1 fully saturated rings. The highest BCUT2D eigenvalue weighted by Crippen LogP contribution is 2.45. The molecule has 0 spiro atoms. The van der Waals surface area contributed by atoms with Crippen molar-refractivity contribution in [3.05, 3.63) is 0 Å². The third kappa shape index (κ3) is 5.07. The largest absolute Gasteiger partial charge is 0.314 e. The molecule has 2 atom stereocenters. The van der Waals surface area contributed by atoms with E-state index in [2.05, 4.69) is 26.1 Å². The smallest absolute Gasteiger partial charge is 0.150 e. The minimum Gasteiger partial charge on any atom is -0.314 e. The molecule has 0 aromatic heterocycles. The Kier molecular flexibility index (Phi) is 6.31. The SMILES string of the molecule is CCNC(CCCS(=O)(=O)CC)C1CCCC1(C)C. The summed E-state index contributed by atoms with van der Waals surface area (Å²) in [6.45, 7) is 9.56. The number of rotatable bonds is 8. The molecule has 1 rings (SSSR count). The van der Waals surface area contributed by atoms with Gasteiger partial charge < -0.3 is 5.32 Å². The third-order valence-corrected chi connectivity index (χ3v) is 6.49. The fourth-order valence-electron chi connectivity index (χ4n) is 3.47. The number of hydrogen-bond donors (Lipinski definition) is 1. The first-order valence-electron chi connectivity index (χ1n) is 7.76. The Morgan fingerprint density at radius 3 is 2.47 bits per heavy atom. The van der Waals surface area contributed by atoms with Crippen LogP contribution in [0.25, 0.3) is 0 Å². The average Bonchev–Trinajstić information content (AvgIpc) is 2.68. The molecule has 1 aliphatic rings. The molecule has 0 radical (unpaired) electrons. The van der Waals surface area contributed by atoms with E-state index in [1.807, 2.05) is 0 Å². The van der Waals surface area contributed by atoms with Gasteiger partial charge in [0.25, 0.3) is 0 Å². The predicted molar refractivity (Wildman–Crippen MR) is 82.1 cm³/mol. The van der Waals surface area contributed by atoms with Gasteiger partial charge in [0.15, 0.2) is 0 Å². The van der Waals surface area contributed by atoms with Gasteiger partial charge in [-0.25, -0.2) is 8.42 Å². The fourth-order valence-corrected chi connectivity index (χ4v) is 4.37. The summed E-state index contributed by atoms with van der Waals surface area (Å²) in [5.74, 6) is 1.31. The van der Waals surface area contributed by atoms with Gasteiger partial charge in [-0.15, -0.1) is 0 Å². The van der Waals surface area contributed by atoms with Crippen molar-refractivity contribution in [1.29, 1.82) is 0 Å². The highest BCUT2D eigenvalue weighted by molar-refractivity contribution is 7.91. The summed E-state index contributed by atoms with van der Waals surface area (Å²) in [7, 11) is -2.81. The van der Waals surface area contributed by atoms with Crippen LogP contribution in [0.3, 0.4) is 0 Å². The minimum absolute atomic E-state index is 0.272. The third-order valence-electron chi connectivity index (χ3n) is 4.70. The lowest BCUT2D eigenvalue weighted by Crippen LogP contribution is -2.41. The van der Waals surface area contributed by atoms with Crippen LogP contribution in [0.15, 0.2) is 0 Å². The zero-order valence-electron chi connectivity index (χ0n) is 13.0. The van der Waals surface area contributed by atoms with Gasteiger partial charge in [0.2, 0.25) is 0 Å². The first-order chi connectivity index (χ1) is 8.82. The van der Waals surface area contributed by atoms with Crippen molar-refractivity contribution >= 4 is 9.84 Å². The van der Waals surface area contributed by atoms with Crippen LogP contribution in [0.2, 0.25) is 0 Å². The van der Waals surface area contributed by atoms with Crippen LogP contribution in [0.4, 0.5) is 0 Å². The van der Waals surface area contributed by atoms with Gasteiger partial charge in [-0.2, -0.15) is 0 Å². The number of nitrogens with one attached hydrogen (secondary N) is 1. The molecule has 19 heavy (non-hydrogen) atoms. The molecular weight excluding hydrogens is 258 g/mol. The Morgan fingerprint density at radius 2 is 2.00 bits per heavy atom. The Morgan fingerprint density at radius 1 is 1.32 bits per heavy atom. The Bertz CT molecular complexity index is 362. The summed E-state index contributed by atoms with van der Waals surface area (Å²) in [5.41, 5.74) is 0.399. The monoisotopic (exact) mass is 289 g/mol. The fraction of sp³-hybridized carbons (Fsp3) is 1.00. The molecule has 4 heteroatoms. The minimum atomic E-state index is -2.81. The Hall–Kier alpha value is -0.0900. The van der Waals surface area contributed by atoms with Crippen molar-refractivity contribution in [2.45, 2.75) is 65.8 Å². The lowest BCUT2D eigenvalue weighted by molar-refractivity contribution is 0.190. The predicted octanol–water partition coefficient (Wildman–Crippen LogP) is 3.01. The maximum Gasteiger partial charge on any atom is 0.150 e. The van der Waals surface area contributed by atoms with Crippen LogP contribution in [-0.2, 0) is 9.84 Å². The van der Waals surface area contributed by atoms with Gasteiger partial charge in [0, 0.05) is 11.8 Å². The zero-order valence-corrected chi connectivity index (χ0v) is 13.9. The van der Waals surface area contributed by atoms with Crippen molar-refractivity contribution in [3.8, 4) is 0 Å². The van der Waals surface area contributed by atoms with E-state index in [4.69, 9.17) is 0 Å². The van der Waals surface area contributed by atoms with Gasteiger partial charge in [0.05, 0.1) is 5.75 Å². The molecule has 2 unspecified atom stereocenters. The average molecular weight is 289 g/mol. The molecule has 3 nitrogen and oxygen atoms in total. The highest BCUT2D eigenvalue weighted by atomic mass is 32.2. The summed E-state index contributed by atoms with van der Waals surface area (Å²) >= 11 is 0. The molecule has 0 heterocycles. The van der Waals surface area contributed by atoms with Crippen molar-refractivity contribution in [1.82, 2.24) is 5.32 Å². The Balaban J connectivity index is 2.54. The van der Waals surface area contributed by atoms with E-state index in [1.165, 1.54) is 19.3 Å². The van der Waals surface area contributed by atoms with Crippen LogP contribution >= 0.6 is 0 Å². The lowest BCUT2D eigenvalue weighted by atomic mass is 9.76. The second-order valence-corrected chi connectivity index (χ2v) is 9.00. The quantitative estimate of drug-likeness (QED) is 0.747. The van der Waals surface area contributed by atoms with E-state index in [0.29, 0.717) is 23.1 Å². The molecule has 0 aromatic rings. The molecule has 114 valence electrons. The van der Waals surface area contributed by atoms with Crippen molar-refractivity contribution in [3.63, 3.8) is 0 Å². The summed E-state index contributed by atoms with van der Waals surface area (Å²) in [6, 6.07) is 0.481. The van der Waals surface area contributed by atoms with Crippen LogP contribution < -0.4 is 5.32 Å². The maximum absolute atomic E-state index is 11.6. The van der Waals surface area contributed by atoms with E-state index in [0.717, 1.165) is 19.4 Å². The van der Waals surface area contributed by atoms with Crippen LogP contribution in [0.5, 0.6) is 0 Å². The highest BCUT2D eigenvalue weighted by Gasteiger charge is 2.38. The van der Waals surface area contributed by atoms with Gasteiger partial charge >= 0.3 is 0 Å². The lowest BCUT2D eigenvalue weighted by Gasteiger charge is -2.35. The first-order valence-corrected chi connectivity index (χ1v) is 9.58. The summed E-state index contributed by atoms with van der Waals surface area (Å²) in [5, 5.41) is 3.59. The topological polar surface area (TPSA) is 46.2 Å². The standard InChI is InChI=1S/C15H31NO2S/c1-5-16-14(10-8-12-19(17,18)6-2)13-9-7-11-15(13,3)4/h13-14,16H,5-12H2,1-4H3. The first kappa shape index (κ1) is 17.0. The molecule has 1 aliphatic carbocycles. The van der Waals surface area contributed by atoms with Crippen molar-refractivity contribution in [2.24, 2.45) is 11.3 Å². The maximum atomic E-state index is 11.6. The van der Waals surface area contributed by atoms with E-state index < -0.39 is 9.84 Å². The van der Waals surface area contributed by atoms with Crippen LogP contribution in [0.1, 0.15) is 59.8 Å². The number of sulfone groups is 1. The normalized spacial score (nSPS) is 24.5. The molecule has 1 saturated carbocycles. The summed E-state index contributed by atoms with van der Waals surface area (Å²) in [6.07, 6.45) is 5.67. The van der Waals surface area contributed by atoms with Crippen LogP contribution in [-0.4, -0.2) is 32.5 Å². The van der Waals surface area contributed by atoms with Crippen molar-refractivity contribution < 1.29 is 8.42 Å². The molecule has 0 aromatic carbocycles. The second kappa shape index (κ2) is 7.07. The van der Waals surface area contributed by atoms with Gasteiger partial charge in [-0.05, 0) is 43.6 Å². The van der Waals surface area contributed by atoms with E-state index in [1.54, 1.807) is 6.92 Å². The van der Waals surface area contributed by atoms with E-state index in [-0.39, 0.29) is 5.75 Å². The zero-order chi connectivity index (χ0) is 14.5. The van der Waals surface area contributed by atoms with Gasteiger partial charge in [-0.3, -0.25) is 0 Å². The molecule has 0 bridgehead atoms. The molecule has 0 aliphatic heterocycles. The second-order valence-electron chi connectivity index (χ2n) is 6.53. The van der Waals surface area contributed by atoms with Gasteiger partial charge in [-0.1, -0.05) is 34.1 Å². The summed E-state index contributed by atoms with van der Waals surface area (Å²) < 4.78 is 23.1. The molecular formula is C15H31NO2S. The number of hydrogen-bond acceptors (Lipinski definition) is 3.